The van der Waals surface area contributed by atoms with Crippen LogP contribution in [-0.4, -0.2) is 108 Å². The van der Waals surface area contributed by atoms with Crippen LogP contribution in [0.1, 0.15) is 59.8 Å². The lowest BCUT2D eigenvalue weighted by atomic mass is 9.64. The Morgan fingerprint density at radius 3 is 1.83 bits per heavy atom. The van der Waals surface area contributed by atoms with E-state index in [9.17, 15) is 24.0 Å². The van der Waals surface area contributed by atoms with Gasteiger partial charge in [0.05, 0.1) is 39.5 Å². The molecule has 0 bridgehead atoms. The highest BCUT2D eigenvalue weighted by molar-refractivity contribution is 5.87. The number of carbonyl (C=O) groups is 5. The Balaban J connectivity index is 0.957. The molecule has 2 amide bonds. The van der Waals surface area contributed by atoms with Gasteiger partial charge in [-0.25, -0.2) is 24.0 Å². The molecule has 1 aromatic carbocycles. The molecule has 2 spiro atoms. The summed E-state index contributed by atoms with van der Waals surface area (Å²) in [6.45, 7) is 18.9. The van der Waals surface area contributed by atoms with Gasteiger partial charge in [0, 0.05) is 22.1 Å². The minimum absolute atomic E-state index is 0.00489. The maximum Gasteiger partial charge on any atom is 0.407 e. The molecule has 0 aliphatic heterocycles. The number of hydrogen-bond acceptors (Lipinski definition) is 13. The zero-order valence-electron chi connectivity index (χ0n) is 35.3. The minimum atomic E-state index is -0.856. The van der Waals surface area contributed by atoms with Gasteiger partial charge in [-0.1, -0.05) is 44.9 Å². The van der Waals surface area contributed by atoms with Crippen molar-refractivity contribution in [2.45, 2.75) is 72.0 Å². The van der Waals surface area contributed by atoms with Crippen molar-refractivity contribution in [2.75, 3.05) is 65.9 Å². The van der Waals surface area contributed by atoms with E-state index in [1.54, 1.807) is 6.92 Å². The van der Waals surface area contributed by atoms with Crippen LogP contribution in [0.3, 0.4) is 0 Å². The highest BCUT2D eigenvalue weighted by atomic mass is 16.6. The monoisotopic (exact) mass is 836 g/mol. The van der Waals surface area contributed by atoms with Crippen molar-refractivity contribution in [1.82, 2.24) is 10.6 Å². The van der Waals surface area contributed by atoms with Crippen LogP contribution in [-0.2, 0) is 47.5 Å². The molecular formula is C45H60N2O13. The predicted octanol–water partition coefficient (Wildman–Crippen LogP) is 5.48. The van der Waals surface area contributed by atoms with Crippen LogP contribution in [0, 0.1) is 39.4 Å². The molecule has 5 fully saturated rings. The molecule has 1 aromatic rings. The molecule has 15 heteroatoms. The van der Waals surface area contributed by atoms with Gasteiger partial charge in [0.15, 0.2) is 12.2 Å². The summed E-state index contributed by atoms with van der Waals surface area (Å²) in [6.07, 6.45) is 2.64. The number of alkyl carbamates (subject to hydrolysis) is 2. The van der Waals surface area contributed by atoms with Crippen LogP contribution in [0.4, 0.5) is 9.59 Å². The molecule has 9 atom stereocenters. The van der Waals surface area contributed by atoms with E-state index in [2.05, 4.69) is 37.3 Å². The molecule has 15 nitrogen and oxygen atoms in total. The maximum atomic E-state index is 12.7. The zero-order chi connectivity index (χ0) is 43.3. The van der Waals surface area contributed by atoms with E-state index in [0.29, 0.717) is 47.5 Å². The van der Waals surface area contributed by atoms with Crippen LogP contribution in [0.2, 0.25) is 0 Å². The Labute approximate surface area is 351 Å². The SMILES string of the molecule is C=C(C)C(=O)OCCNC(=O)OC(COCC1(C)CCC2C(C1)C1CC13C1(COCC(COc4ccccc4)OC(=O)NCCOC(=O)C(=C)C)CC213)COC(=O)C(=C)C. The Morgan fingerprint density at radius 2 is 1.25 bits per heavy atom. The standard InChI is InChI=1S/C45H60N2O13/c1-28(2)37(48)55-17-15-46-40(51)59-32(23-57-31-11-9-8-10-12-31)22-54-27-43-25-45(43)35-13-14-42(7,19-34(35)36-20-44(36,43)45)26-53-21-33(24-58-39(50)30(5)6)60-41(52)47-16-18-56-38(49)29(3)4/h8-12,32-36H,1,3,5,13-27H2,2,4,6-7H3,(H,46,51)(H,47,52). The third-order valence-corrected chi connectivity index (χ3v) is 13.2. The van der Waals surface area contributed by atoms with Crippen molar-refractivity contribution < 1.29 is 61.9 Å². The normalized spacial score (nSPS) is 29.3. The Morgan fingerprint density at radius 1 is 0.700 bits per heavy atom. The summed E-state index contributed by atoms with van der Waals surface area (Å²) in [5, 5.41) is 5.16. The first kappa shape index (κ1) is 44.7. The molecule has 0 saturated heterocycles. The van der Waals surface area contributed by atoms with Gasteiger partial charge < -0.3 is 48.5 Å². The molecule has 2 N–H and O–H groups in total. The molecule has 0 aromatic heterocycles. The van der Waals surface area contributed by atoms with Gasteiger partial charge >= 0.3 is 30.1 Å². The highest BCUT2D eigenvalue weighted by Gasteiger charge is 3.10. The largest absolute Gasteiger partial charge is 0.490 e. The second-order valence-corrected chi connectivity index (χ2v) is 17.6. The fourth-order valence-electron chi connectivity index (χ4n) is 10.5. The first-order valence-corrected chi connectivity index (χ1v) is 20.8. The summed E-state index contributed by atoms with van der Waals surface area (Å²) < 4.78 is 45.1. The van der Waals surface area contributed by atoms with Gasteiger partial charge in [0.2, 0.25) is 0 Å². The number of rotatable bonds is 24. The fourth-order valence-corrected chi connectivity index (χ4v) is 10.5. The number of benzene rings is 1. The Bertz CT molecular complexity index is 1840. The summed E-state index contributed by atoms with van der Waals surface area (Å²) in [6, 6.07) is 9.32. The number of para-hydroxylation sites is 1. The van der Waals surface area contributed by atoms with Crippen molar-refractivity contribution in [3.05, 3.63) is 66.8 Å². The number of carbonyl (C=O) groups excluding carboxylic acids is 5. The molecule has 6 rings (SSSR count). The van der Waals surface area contributed by atoms with Crippen molar-refractivity contribution in [1.29, 1.82) is 0 Å². The van der Waals surface area contributed by atoms with E-state index < -0.39 is 42.3 Å². The first-order valence-electron chi connectivity index (χ1n) is 20.8. The number of hydrogen-bond donors (Lipinski definition) is 2. The van der Waals surface area contributed by atoms with Crippen LogP contribution < -0.4 is 15.4 Å². The highest BCUT2D eigenvalue weighted by Crippen LogP contribution is 3.13. The average Bonchev–Trinajstić information content (AvgIpc) is 4.15. The second kappa shape index (κ2) is 18.4. The average molecular weight is 837 g/mol. The topological polar surface area (TPSA) is 183 Å². The number of fused-ring (bicyclic) bond motifs is 2. The number of esters is 3. The molecule has 9 unspecified atom stereocenters. The van der Waals surface area contributed by atoms with Gasteiger partial charge in [-0.2, -0.15) is 0 Å². The van der Waals surface area contributed by atoms with Crippen LogP contribution in [0.5, 0.6) is 5.75 Å². The first-order chi connectivity index (χ1) is 28.6. The number of nitrogens with one attached hydrogen (secondary N) is 2. The molecule has 60 heavy (non-hydrogen) atoms. The van der Waals surface area contributed by atoms with Crippen molar-refractivity contribution in [3.63, 3.8) is 0 Å². The lowest BCUT2D eigenvalue weighted by molar-refractivity contribution is -0.143. The lowest BCUT2D eigenvalue weighted by Crippen LogP contribution is -2.39. The molecule has 0 radical (unpaired) electrons. The Kier molecular flexibility index (Phi) is 13.7. The maximum absolute atomic E-state index is 12.7. The van der Waals surface area contributed by atoms with E-state index in [1.807, 2.05) is 30.3 Å². The van der Waals surface area contributed by atoms with Gasteiger partial charge in [-0.05, 0) is 99.0 Å². The van der Waals surface area contributed by atoms with Crippen LogP contribution in [0.15, 0.2) is 66.8 Å². The van der Waals surface area contributed by atoms with Crippen molar-refractivity contribution >= 4 is 30.1 Å². The van der Waals surface area contributed by atoms with Gasteiger partial charge in [-0.3, -0.25) is 0 Å². The quantitative estimate of drug-likeness (QED) is 0.0579. The molecule has 328 valence electrons. The number of amides is 2. The van der Waals surface area contributed by atoms with Gasteiger partial charge in [0.25, 0.3) is 0 Å². The molecule has 0 heterocycles. The molecular weight excluding hydrogens is 776 g/mol. The summed E-state index contributed by atoms with van der Waals surface area (Å²) in [4.78, 5) is 60.6. The van der Waals surface area contributed by atoms with E-state index in [-0.39, 0.29) is 80.3 Å². The fraction of sp³-hybridized carbons (Fsp3) is 0.622. The second-order valence-electron chi connectivity index (χ2n) is 17.6. The van der Waals surface area contributed by atoms with E-state index in [4.69, 9.17) is 37.9 Å². The lowest BCUT2D eigenvalue weighted by Gasteiger charge is -2.43. The van der Waals surface area contributed by atoms with Crippen LogP contribution >= 0.6 is 0 Å². The Hall–Kier alpha value is -4.89. The van der Waals surface area contributed by atoms with Gasteiger partial charge in [-0.15, -0.1) is 0 Å². The third kappa shape index (κ3) is 9.36. The molecule has 5 aliphatic carbocycles. The summed E-state index contributed by atoms with van der Waals surface area (Å²) in [5.74, 6) is 0.909. The van der Waals surface area contributed by atoms with E-state index >= 15 is 0 Å². The summed E-state index contributed by atoms with van der Waals surface area (Å²) >= 11 is 0. The smallest absolute Gasteiger partial charge is 0.407 e. The predicted molar refractivity (Wildman–Crippen MR) is 216 cm³/mol. The van der Waals surface area contributed by atoms with Crippen molar-refractivity contribution in [3.8, 4) is 5.75 Å². The molecule has 5 saturated carbocycles. The van der Waals surface area contributed by atoms with E-state index in [0.717, 1.165) is 19.3 Å². The van der Waals surface area contributed by atoms with Crippen LogP contribution in [0.25, 0.3) is 0 Å². The van der Waals surface area contributed by atoms with Gasteiger partial charge in [0.1, 0.15) is 32.2 Å². The van der Waals surface area contributed by atoms with Crippen molar-refractivity contribution in [2.24, 2.45) is 39.4 Å². The number of ether oxygens (including phenoxy) is 8. The summed E-state index contributed by atoms with van der Waals surface area (Å²) in [7, 11) is 0. The third-order valence-electron chi connectivity index (χ3n) is 13.2. The van der Waals surface area contributed by atoms with E-state index in [1.165, 1.54) is 26.7 Å². The zero-order valence-corrected chi connectivity index (χ0v) is 35.3. The molecule has 5 aliphatic rings. The summed E-state index contributed by atoms with van der Waals surface area (Å²) in [5.41, 5.74) is 1.57. The minimum Gasteiger partial charge on any atom is -0.490 e.